The molecule has 1 aromatic rings. The van der Waals surface area contributed by atoms with Gasteiger partial charge in [-0.25, -0.2) is 0 Å². The molecular weight excluding hydrogens is 226 g/mol. The van der Waals surface area contributed by atoms with E-state index in [9.17, 15) is 4.79 Å². The number of benzene rings is 1. The minimum Gasteiger partial charge on any atom is -0.496 e. The monoisotopic (exact) mass is 239 g/mol. The van der Waals surface area contributed by atoms with Crippen molar-refractivity contribution in [2.45, 2.75) is 12.8 Å². The van der Waals surface area contributed by atoms with Gasteiger partial charge in [0, 0.05) is 24.4 Å². The van der Waals surface area contributed by atoms with Crippen LogP contribution in [0.15, 0.2) is 18.2 Å². The maximum atomic E-state index is 11.8. The number of anilines is 1. The number of ether oxygens (including phenoxy) is 1. The van der Waals surface area contributed by atoms with Gasteiger partial charge in [-0.3, -0.25) is 4.79 Å². The fourth-order valence-electron chi connectivity index (χ4n) is 2.07. The van der Waals surface area contributed by atoms with Crippen molar-refractivity contribution >= 4 is 23.2 Å². The second kappa shape index (κ2) is 4.74. The summed E-state index contributed by atoms with van der Waals surface area (Å²) in [6, 6.07) is 5.79. The molecule has 0 saturated carbocycles. The number of hydrogen-bond acceptors (Lipinski definition) is 2. The molecule has 0 fully saturated rings. The normalized spacial score (nSPS) is 13.8. The molecule has 86 valence electrons. The lowest BCUT2D eigenvalue weighted by molar-refractivity contribution is -0.118. The minimum absolute atomic E-state index is 0.0852. The van der Waals surface area contributed by atoms with Gasteiger partial charge in [0.05, 0.1) is 12.8 Å². The van der Waals surface area contributed by atoms with Crippen LogP contribution in [-0.2, 0) is 11.2 Å². The van der Waals surface area contributed by atoms with E-state index in [1.165, 1.54) is 0 Å². The lowest BCUT2D eigenvalue weighted by Gasteiger charge is -2.17. The van der Waals surface area contributed by atoms with Crippen LogP contribution < -0.4 is 9.64 Å². The first-order chi connectivity index (χ1) is 7.77. The SMILES string of the molecule is COc1cccc2c1CCN2C(=O)CCCl. The molecule has 1 heterocycles. The highest BCUT2D eigenvalue weighted by molar-refractivity contribution is 6.19. The molecule has 1 aliphatic heterocycles. The van der Waals surface area contributed by atoms with Gasteiger partial charge in [-0.15, -0.1) is 11.6 Å². The molecule has 1 aromatic carbocycles. The Hall–Kier alpha value is -1.22. The molecule has 0 saturated heterocycles. The second-order valence-corrected chi connectivity index (χ2v) is 4.07. The van der Waals surface area contributed by atoms with Crippen LogP contribution in [0.5, 0.6) is 5.75 Å². The van der Waals surface area contributed by atoms with Gasteiger partial charge < -0.3 is 9.64 Å². The van der Waals surface area contributed by atoms with Gasteiger partial charge >= 0.3 is 0 Å². The van der Waals surface area contributed by atoms with Gasteiger partial charge in [0.25, 0.3) is 0 Å². The van der Waals surface area contributed by atoms with Gasteiger partial charge in [-0.05, 0) is 18.6 Å². The van der Waals surface area contributed by atoms with Crippen molar-refractivity contribution in [2.24, 2.45) is 0 Å². The summed E-state index contributed by atoms with van der Waals surface area (Å²) < 4.78 is 5.28. The van der Waals surface area contributed by atoms with E-state index in [4.69, 9.17) is 16.3 Å². The standard InChI is InChI=1S/C12H14ClNO2/c1-16-11-4-2-3-10-9(11)6-8-14(10)12(15)5-7-13/h2-4H,5-8H2,1H3. The minimum atomic E-state index is 0.0852. The molecule has 0 spiro atoms. The zero-order valence-corrected chi connectivity index (χ0v) is 9.96. The molecule has 1 aliphatic rings. The number of fused-ring (bicyclic) bond motifs is 1. The van der Waals surface area contributed by atoms with E-state index >= 15 is 0 Å². The van der Waals surface area contributed by atoms with E-state index in [0.29, 0.717) is 12.3 Å². The molecule has 1 amide bonds. The number of nitrogens with zero attached hydrogens (tertiary/aromatic N) is 1. The second-order valence-electron chi connectivity index (χ2n) is 3.69. The number of rotatable bonds is 3. The molecule has 0 atom stereocenters. The van der Waals surface area contributed by atoms with Crippen LogP contribution in [-0.4, -0.2) is 25.4 Å². The molecule has 0 aromatic heterocycles. The molecule has 3 nitrogen and oxygen atoms in total. The lowest BCUT2D eigenvalue weighted by Crippen LogP contribution is -2.28. The van der Waals surface area contributed by atoms with Crippen molar-refractivity contribution in [3.8, 4) is 5.75 Å². The summed E-state index contributed by atoms with van der Waals surface area (Å²) >= 11 is 5.59. The van der Waals surface area contributed by atoms with Crippen molar-refractivity contribution in [1.29, 1.82) is 0 Å². The summed E-state index contributed by atoms with van der Waals surface area (Å²) in [5.74, 6) is 1.31. The first kappa shape index (κ1) is 11.3. The summed E-state index contributed by atoms with van der Waals surface area (Å²) in [4.78, 5) is 13.6. The maximum absolute atomic E-state index is 11.8. The van der Waals surface area contributed by atoms with E-state index < -0.39 is 0 Å². The number of carbonyl (C=O) groups is 1. The largest absolute Gasteiger partial charge is 0.496 e. The number of carbonyl (C=O) groups excluding carboxylic acids is 1. The fraction of sp³-hybridized carbons (Fsp3) is 0.417. The smallest absolute Gasteiger partial charge is 0.228 e. The highest BCUT2D eigenvalue weighted by Crippen LogP contribution is 2.35. The Bertz CT molecular complexity index is 406. The van der Waals surface area contributed by atoms with Crippen LogP contribution in [0, 0.1) is 0 Å². The van der Waals surface area contributed by atoms with Crippen molar-refractivity contribution in [2.75, 3.05) is 24.4 Å². The van der Waals surface area contributed by atoms with E-state index in [0.717, 1.165) is 30.0 Å². The summed E-state index contributed by atoms with van der Waals surface area (Å²) in [6.45, 7) is 0.728. The Morgan fingerprint density at radius 3 is 3.06 bits per heavy atom. The third-order valence-corrected chi connectivity index (χ3v) is 3.00. The molecule has 0 bridgehead atoms. The van der Waals surface area contributed by atoms with Crippen LogP contribution in [0.25, 0.3) is 0 Å². The highest BCUT2D eigenvalue weighted by Gasteiger charge is 2.26. The van der Waals surface area contributed by atoms with Gasteiger partial charge in [-0.2, -0.15) is 0 Å². The van der Waals surface area contributed by atoms with E-state index in [2.05, 4.69) is 0 Å². The highest BCUT2D eigenvalue weighted by atomic mass is 35.5. The third-order valence-electron chi connectivity index (χ3n) is 2.81. The number of alkyl halides is 1. The Kier molecular flexibility index (Phi) is 3.34. The zero-order valence-electron chi connectivity index (χ0n) is 9.20. The van der Waals surface area contributed by atoms with Crippen molar-refractivity contribution in [3.05, 3.63) is 23.8 Å². The first-order valence-corrected chi connectivity index (χ1v) is 5.83. The molecule has 0 unspecified atom stereocenters. The van der Waals surface area contributed by atoms with E-state index in [-0.39, 0.29) is 5.91 Å². The number of hydrogen-bond donors (Lipinski definition) is 0. The van der Waals surface area contributed by atoms with Gasteiger partial charge in [0.15, 0.2) is 0 Å². The molecular formula is C12H14ClNO2. The predicted octanol–water partition coefficient (Wildman–Crippen LogP) is 2.21. The van der Waals surface area contributed by atoms with Crippen molar-refractivity contribution in [3.63, 3.8) is 0 Å². The topological polar surface area (TPSA) is 29.5 Å². The molecule has 0 N–H and O–H groups in total. The van der Waals surface area contributed by atoms with Crippen molar-refractivity contribution in [1.82, 2.24) is 0 Å². The molecule has 4 heteroatoms. The zero-order chi connectivity index (χ0) is 11.5. The molecule has 16 heavy (non-hydrogen) atoms. The average molecular weight is 240 g/mol. The van der Waals surface area contributed by atoms with Gasteiger partial charge in [0.1, 0.15) is 5.75 Å². The van der Waals surface area contributed by atoms with Gasteiger partial charge in [-0.1, -0.05) is 6.07 Å². The summed E-state index contributed by atoms with van der Waals surface area (Å²) in [6.07, 6.45) is 1.24. The third kappa shape index (κ3) is 1.87. The van der Waals surface area contributed by atoms with Crippen LogP contribution in [0.1, 0.15) is 12.0 Å². The summed E-state index contributed by atoms with van der Waals surface area (Å²) in [7, 11) is 1.65. The van der Waals surface area contributed by atoms with Gasteiger partial charge in [0.2, 0.25) is 5.91 Å². The molecule has 2 rings (SSSR count). The first-order valence-electron chi connectivity index (χ1n) is 5.30. The average Bonchev–Trinajstić information content (AvgIpc) is 2.72. The van der Waals surface area contributed by atoms with E-state index in [1.807, 2.05) is 18.2 Å². The number of methoxy groups -OCH3 is 1. The quantitative estimate of drug-likeness (QED) is 0.757. The Morgan fingerprint density at radius 1 is 1.56 bits per heavy atom. The molecule has 0 radical (unpaired) electrons. The lowest BCUT2D eigenvalue weighted by atomic mass is 10.1. The predicted molar refractivity (Wildman–Crippen MR) is 64.4 cm³/mol. The fourth-order valence-corrected chi connectivity index (χ4v) is 2.23. The van der Waals surface area contributed by atoms with Crippen molar-refractivity contribution < 1.29 is 9.53 Å². The van der Waals surface area contributed by atoms with Crippen LogP contribution in [0.4, 0.5) is 5.69 Å². The maximum Gasteiger partial charge on any atom is 0.228 e. The Morgan fingerprint density at radius 2 is 2.38 bits per heavy atom. The Labute approximate surface area is 100.0 Å². The number of halogens is 1. The summed E-state index contributed by atoms with van der Waals surface area (Å²) in [5, 5.41) is 0. The van der Waals surface area contributed by atoms with Crippen LogP contribution in [0.2, 0.25) is 0 Å². The van der Waals surface area contributed by atoms with Crippen LogP contribution in [0.3, 0.4) is 0 Å². The number of amides is 1. The summed E-state index contributed by atoms with van der Waals surface area (Å²) in [5.41, 5.74) is 2.09. The van der Waals surface area contributed by atoms with Crippen LogP contribution >= 0.6 is 11.6 Å². The van der Waals surface area contributed by atoms with E-state index in [1.54, 1.807) is 12.0 Å². The Balaban J connectivity index is 2.29. The molecule has 0 aliphatic carbocycles.